The molecule has 150 valence electrons. The molecule has 1 aromatic rings. The van der Waals surface area contributed by atoms with Crippen LogP contribution in [-0.2, 0) is 19.6 Å². The summed E-state index contributed by atoms with van der Waals surface area (Å²) < 4.78 is 73.4. The van der Waals surface area contributed by atoms with Gasteiger partial charge in [0.25, 0.3) is 0 Å². The molecule has 1 atom stereocenters. The van der Waals surface area contributed by atoms with Crippen molar-refractivity contribution in [3.05, 3.63) is 24.3 Å². The Hall–Kier alpha value is -1.85. The van der Waals surface area contributed by atoms with E-state index in [0.29, 0.717) is 25.1 Å². The summed E-state index contributed by atoms with van der Waals surface area (Å²) in [7, 11) is -2.24. The van der Waals surface area contributed by atoms with Gasteiger partial charge >= 0.3 is 12.1 Å². The van der Waals surface area contributed by atoms with Gasteiger partial charge in [0.05, 0.1) is 12.0 Å². The van der Waals surface area contributed by atoms with Crippen LogP contribution in [0.1, 0.15) is 12.8 Å². The Labute approximate surface area is 154 Å². The molecule has 0 radical (unpaired) electrons. The quantitative estimate of drug-likeness (QED) is 0.761. The van der Waals surface area contributed by atoms with E-state index in [1.54, 1.807) is 12.1 Å². The van der Waals surface area contributed by atoms with Crippen LogP contribution in [0.4, 0.5) is 13.2 Å². The van der Waals surface area contributed by atoms with Gasteiger partial charge in [-0.1, -0.05) is 0 Å². The second kappa shape index (κ2) is 6.95. The lowest BCUT2D eigenvalue weighted by Crippen LogP contribution is -2.67. The van der Waals surface area contributed by atoms with Crippen molar-refractivity contribution >= 4 is 16.0 Å². The molecule has 1 aromatic carbocycles. The highest BCUT2D eigenvalue weighted by Gasteiger charge is 2.54. The molecule has 2 heterocycles. The van der Waals surface area contributed by atoms with Gasteiger partial charge in [0.15, 0.2) is 6.23 Å². The zero-order chi connectivity index (χ0) is 19.9. The van der Waals surface area contributed by atoms with Gasteiger partial charge in [-0.05, 0) is 37.1 Å². The summed E-state index contributed by atoms with van der Waals surface area (Å²) in [5.74, 6) is -1.71. The molecule has 1 unspecified atom stereocenters. The average molecular weight is 408 g/mol. The Morgan fingerprint density at radius 3 is 2.26 bits per heavy atom. The molecular formula is C16H19F3N2O5S. The van der Waals surface area contributed by atoms with E-state index in [1.807, 2.05) is 0 Å². The molecule has 7 nitrogen and oxygen atoms in total. The molecule has 2 aliphatic heterocycles. The standard InChI is InChI=1S/C16H19F3N2O5S/c1-25-11-2-4-12(5-3-11)27(23,24)21-8-6-15(7-9-21)10-20-13(15)26-14(22)16(17,18)19/h2-5,13,20H,6-10H2,1H3. The summed E-state index contributed by atoms with van der Waals surface area (Å²) in [5.41, 5.74) is -0.674. The smallest absolute Gasteiger partial charge is 0.490 e. The largest absolute Gasteiger partial charge is 0.497 e. The molecule has 2 saturated heterocycles. The molecule has 2 aliphatic rings. The van der Waals surface area contributed by atoms with Gasteiger partial charge in [-0.2, -0.15) is 17.5 Å². The van der Waals surface area contributed by atoms with E-state index in [9.17, 15) is 26.4 Å². The maximum absolute atomic E-state index is 12.7. The fourth-order valence-electron chi connectivity index (χ4n) is 3.32. The summed E-state index contributed by atoms with van der Waals surface area (Å²) >= 11 is 0. The van der Waals surface area contributed by atoms with Crippen LogP contribution in [0.3, 0.4) is 0 Å². The predicted octanol–water partition coefficient (Wildman–Crippen LogP) is 1.50. The Kier molecular flexibility index (Phi) is 5.12. The number of methoxy groups -OCH3 is 1. The number of nitrogens with one attached hydrogen (secondary N) is 1. The molecule has 0 amide bonds. The van der Waals surface area contributed by atoms with Crippen molar-refractivity contribution in [2.24, 2.45) is 5.41 Å². The highest BCUT2D eigenvalue weighted by molar-refractivity contribution is 7.89. The van der Waals surface area contributed by atoms with E-state index in [1.165, 1.54) is 23.5 Å². The van der Waals surface area contributed by atoms with Crippen LogP contribution in [0.15, 0.2) is 29.2 Å². The fourth-order valence-corrected chi connectivity index (χ4v) is 4.76. The predicted molar refractivity (Wildman–Crippen MR) is 87.4 cm³/mol. The Morgan fingerprint density at radius 1 is 1.22 bits per heavy atom. The molecule has 0 aromatic heterocycles. The lowest BCUT2D eigenvalue weighted by atomic mass is 9.72. The number of ether oxygens (including phenoxy) is 2. The third kappa shape index (κ3) is 3.76. The van der Waals surface area contributed by atoms with Crippen molar-refractivity contribution in [2.45, 2.75) is 30.1 Å². The molecule has 0 saturated carbocycles. The van der Waals surface area contributed by atoms with Crippen molar-refractivity contribution in [1.29, 1.82) is 0 Å². The molecule has 2 fully saturated rings. The normalized spacial score (nSPS) is 22.9. The van der Waals surface area contributed by atoms with Crippen LogP contribution >= 0.6 is 0 Å². The first-order valence-electron chi connectivity index (χ1n) is 8.24. The topological polar surface area (TPSA) is 84.9 Å². The number of hydrogen-bond acceptors (Lipinski definition) is 6. The van der Waals surface area contributed by atoms with Gasteiger partial charge < -0.3 is 9.47 Å². The van der Waals surface area contributed by atoms with Gasteiger partial charge in [-0.15, -0.1) is 0 Å². The fraction of sp³-hybridized carbons (Fsp3) is 0.562. The van der Waals surface area contributed by atoms with Gasteiger partial charge in [0.1, 0.15) is 5.75 Å². The van der Waals surface area contributed by atoms with Crippen LogP contribution in [-0.4, -0.2) is 57.8 Å². The van der Waals surface area contributed by atoms with Crippen LogP contribution < -0.4 is 10.1 Å². The maximum atomic E-state index is 12.7. The zero-order valence-electron chi connectivity index (χ0n) is 14.5. The van der Waals surface area contributed by atoms with Crippen LogP contribution in [0.25, 0.3) is 0 Å². The van der Waals surface area contributed by atoms with E-state index in [0.717, 1.165) is 0 Å². The number of piperidine rings is 1. The van der Waals surface area contributed by atoms with Crippen molar-refractivity contribution in [1.82, 2.24) is 9.62 Å². The molecule has 11 heteroatoms. The zero-order valence-corrected chi connectivity index (χ0v) is 15.3. The van der Waals surface area contributed by atoms with Gasteiger partial charge in [0.2, 0.25) is 10.0 Å². The van der Waals surface area contributed by atoms with Crippen molar-refractivity contribution < 1.29 is 35.9 Å². The lowest BCUT2D eigenvalue weighted by Gasteiger charge is -2.52. The summed E-state index contributed by atoms with van der Waals surface area (Å²) in [4.78, 5) is 11.2. The van der Waals surface area contributed by atoms with E-state index in [2.05, 4.69) is 10.1 Å². The number of carbonyl (C=O) groups is 1. The summed E-state index contributed by atoms with van der Waals surface area (Å²) in [6.45, 7) is 0.644. The molecular weight excluding hydrogens is 389 g/mol. The Bertz CT molecular complexity index is 802. The number of alkyl halides is 3. The number of nitrogens with zero attached hydrogens (tertiary/aromatic N) is 1. The summed E-state index contributed by atoms with van der Waals surface area (Å²) in [6.07, 6.45) is -5.52. The van der Waals surface area contributed by atoms with E-state index >= 15 is 0 Å². The SMILES string of the molecule is COc1ccc(S(=O)(=O)N2CCC3(CC2)CNC3OC(=O)C(F)(F)F)cc1. The molecule has 0 aliphatic carbocycles. The summed E-state index contributed by atoms with van der Waals surface area (Å²) in [6, 6.07) is 5.97. The minimum Gasteiger partial charge on any atom is -0.497 e. The first-order chi connectivity index (χ1) is 12.6. The van der Waals surface area contributed by atoms with Crippen LogP contribution in [0.2, 0.25) is 0 Å². The van der Waals surface area contributed by atoms with E-state index < -0.39 is 33.8 Å². The van der Waals surface area contributed by atoms with E-state index in [-0.39, 0.29) is 18.0 Å². The molecule has 0 bridgehead atoms. The molecule has 1 N–H and O–H groups in total. The number of hydrogen-bond donors (Lipinski definition) is 1. The summed E-state index contributed by atoms with van der Waals surface area (Å²) in [5, 5.41) is 2.68. The number of halogens is 3. The lowest BCUT2D eigenvalue weighted by molar-refractivity contribution is -0.224. The number of rotatable bonds is 4. The highest BCUT2D eigenvalue weighted by Crippen LogP contribution is 2.42. The van der Waals surface area contributed by atoms with Crippen LogP contribution in [0.5, 0.6) is 5.75 Å². The monoisotopic (exact) mass is 408 g/mol. The number of benzene rings is 1. The number of esters is 1. The van der Waals surface area contributed by atoms with Crippen molar-refractivity contribution in [2.75, 3.05) is 26.7 Å². The second-order valence-electron chi connectivity index (χ2n) is 6.61. The maximum Gasteiger partial charge on any atom is 0.490 e. The van der Waals surface area contributed by atoms with Crippen molar-refractivity contribution in [3.63, 3.8) is 0 Å². The number of sulfonamides is 1. The minimum atomic E-state index is -5.06. The molecule has 3 rings (SSSR count). The molecule has 27 heavy (non-hydrogen) atoms. The Balaban J connectivity index is 1.65. The van der Waals surface area contributed by atoms with Crippen LogP contribution in [0, 0.1) is 5.41 Å². The minimum absolute atomic E-state index is 0.117. The first kappa shape index (κ1) is 19.9. The van der Waals surface area contributed by atoms with Gasteiger partial charge in [0, 0.05) is 25.0 Å². The second-order valence-corrected chi connectivity index (χ2v) is 8.54. The van der Waals surface area contributed by atoms with E-state index in [4.69, 9.17) is 4.74 Å². The number of carbonyl (C=O) groups excluding carboxylic acids is 1. The van der Waals surface area contributed by atoms with Gasteiger partial charge in [-0.25, -0.2) is 13.2 Å². The third-order valence-electron chi connectivity index (χ3n) is 5.07. The highest BCUT2D eigenvalue weighted by atomic mass is 32.2. The molecule has 1 spiro atoms. The third-order valence-corrected chi connectivity index (χ3v) is 6.98. The average Bonchev–Trinajstić information content (AvgIpc) is 2.64. The Morgan fingerprint density at radius 2 is 1.81 bits per heavy atom. The first-order valence-corrected chi connectivity index (χ1v) is 9.68. The van der Waals surface area contributed by atoms with Gasteiger partial charge in [-0.3, -0.25) is 5.32 Å². The van der Waals surface area contributed by atoms with Crippen molar-refractivity contribution in [3.8, 4) is 5.75 Å².